The largest absolute Gasteiger partial charge is 0.504 e. The normalized spacial score (nSPS) is 16.4. The van der Waals surface area contributed by atoms with E-state index in [0.29, 0.717) is 39.6 Å². The molecule has 0 bridgehead atoms. The third-order valence-corrected chi connectivity index (χ3v) is 5.54. The molecule has 0 saturated carbocycles. The maximum absolute atomic E-state index is 12.2. The summed E-state index contributed by atoms with van der Waals surface area (Å²) in [6.07, 6.45) is 2.24. The fourth-order valence-electron chi connectivity index (χ4n) is 2.87. The molecular weight excluding hydrogens is 424 g/mol. The first kappa shape index (κ1) is 20.1. The lowest BCUT2D eigenvalue weighted by Crippen LogP contribution is -2.20. The summed E-state index contributed by atoms with van der Waals surface area (Å²) in [4.78, 5) is 17.1. The minimum atomic E-state index is -0.235. The Balaban J connectivity index is 1.41. The maximum atomic E-state index is 12.2. The molecule has 8 heteroatoms. The number of nitrogens with zero attached hydrogens (tertiary/aromatic N) is 1. The Morgan fingerprint density at radius 2 is 1.97 bits per heavy atom. The van der Waals surface area contributed by atoms with Gasteiger partial charge in [0, 0.05) is 23.2 Å². The number of rotatable bonds is 5. The number of halogens is 1. The van der Waals surface area contributed by atoms with E-state index in [1.165, 1.54) is 23.9 Å². The van der Waals surface area contributed by atoms with Crippen LogP contribution in [0, 0.1) is 0 Å². The number of aliphatic imine (C=N–C) groups is 1. The van der Waals surface area contributed by atoms with Crippen molar-refractivity contribution in [3.63, 3.8) is 0 Å². The smallest absolute Gasteiger partial charge is 0.264 e. The number of phenols is 2. The van der Waals surface area contributed by atoms with Crippen molar-refractivity contribution < 1.29 is 19.4 Å². The van der Waals surface area contributed by atoms with Gasteiger partial charge in [-0.05, 0) is 60.1 Å². The molecule has 1 aromatic heterocycles. The average Bonchev–Trinajstić information content (AvgIpc) is 3.32. The van der Waals surface area contributed by atoms with E-state index in [-0.39, 0.29) is 17.4 Å². The number of carbonyl (C=O) groups is 1. The lowest BCUT2D eigenvalue weighted by molar-refractivity contribution is -0.115. The van der Waals surface area contributed by atoms with E-state index in [1.54, 1.807) is 24.3 Å². The molecular formula is C22H17ClN2O4S. The van der Waals surface area contributed by atoms with Crippen LogP contribution < -0.4 is 5.32 Å². The van der Waals surface area contributed by atoms with Crippen molar-refractivity contribution in [3.05, 3.63) is 75.8 Å². The van der Waals surface area contributed by atoms with Crippen molar-refractivity contribution in [2.45, 2.75) is 6.42 Å². The minimum absolute atomic E-state index is 0.157. The summed E-state index contributed by atoms with van der Waals surface area (Å²) in [5.41, 5.74) is 1.70. The highest BCUT2D eigenvalue weighted by Gasteiger charge is 2.24. The van der Waals surface area contributed by atoms with Crippen LogP contribution in [-0.2, 0) is 11.2 Å². The van der Waals surface area contributed by atoms with Crippen LogP contribution in [0.4, 0.5) is 0 Å². The number of phenolic OH excluding ortho intramolecular Hbond substituents is 2. The summed E-state index contributed by atoms with van der Waals surface area (Å²) < 4.78 is 5.82. The Kier molecular flexibility index (Phi) is 5.83. The summed E-state index contributed by atoms with van der Waals surface area (Å²) in [7, 11) is 0. The van der Waals surface area contributed by atoms with Crippen molar-refractivity contribution in [1.82, 2.24) is 5.32 Å². The van der Waals surface area contributed by atoms with Gasteiger partial charge in [0.15, 0.2) is 16.7 Å². The highest BCUT2D eigenvalue weighted by Crippen LogP contribution is 2.30. The van der Waals surface area contributed by atoms with Crippen LogP contribution in [0.5, 0.6) is 11.5 Å². The van der Waals surface area contributed by atoms with Crippen molar-refractivity contribution in [3.8, 4) is 22.8 Å². The van der Waals surface area contributed by atoms with Crippen LogP contribution in [0.15, 0.2) is 68.9 Å². The van der Waals surface area contributed by atoms with Crippen LogP contribution in [0.1, 0.15) is 11.3 Å². The van der Waals surface area contributed by atoms with Gasteiger partial charge in [0.1, 0.15) is 11.5 Å². The number of benzene rings is 2. The molecule has 1 aliphatic heterocycles. The number of hydrogen-bond donors (Lipinski definition) is 3. The molecule has 1 aliphatic rings. The predicted molar refractivity (Wildman–Crippen MR) is 119 cm³/mol. The molecule has 1 amide bonds. The first-order valence-electron chi connectivity index (χ1n) is 9.10. The molecule has 6 nitrogen and oxygen atoms in total. The van der Waals surface area contributed by atoms with E-state index in [4.69, 9.17) is 16.0 Å². The van der Waals surface area contributed by atoms with Gasteiger partial charge in [-0.15, -0.1) is 0 Å². The summed E-state index contributed by atoms with van der Waals surface area (Å²) in [5, 5.41) is 22.8. The van der Waals surface area contributed by atoms with Crippen molar-refractivity contribution in [2.24, 2.45) is 4.99 Å². The standard InChI is InChI=1S/C22H17ClN2O4S/c23-15-3-1-2-14(11-15)19-7-5-16(29-19)12-20-21(28)25-22(30-20)24-9-8-13-4-6-17(26)18(27)10-13/h1-7,10-12,26-27H,8-9H2,(H,24,25,28)/b20-12-. The van der Waals surface area contributed by atoms with Crippen LogP contribution >= 0.6 is 23.4 Å². The Bertz CT molecular complexity index is 1170. The fourth-order valence-corrected chi connectivity index (χ4v) is 3.89. The Morgan fingerprint density at radius 1 is 1.10 bits per heavy atom. The number of carbonyl (C=O) groups excluding carboxylic acids is 1. The third-order valence-electron chi connectivity index (χ3n) is 4.36. The third kappa shape index (κ3) is 4.69. The quantitative estimate of drug-likeness (QED) is 0.390. The summed E-state index contributed by atoms with van der Waals surface area (Å²) in [5.74, 6) is 0.670. The summed E-state index contributed by atoms with van der Waals surface area (Å²) in [6.45, 7) is 0.430. The molecule has 0 atom stereocenters. The van der Waals surface area contributed by atoms with E-state index >= 15 is 0 Å². The Labute approximate surface area is 181 Å². The maximum Gasteiger partial charge on any atom is 0.264 e. The second-order valence-corrected chi connectivity index (χ2v) is 8.00. The lowest BCUT2D eigenvalue weighted by atomic mass is 10.1. The minimum Gasteiger partial charge on any atom is -0.504 e. The number of amides is 1. The van der Waals surface area contributed by atoms with Gasteiger partial charge in [0.25, 0.3) is 5.91 Å². The van der Waals surface area contributed by atoms with Gasteiger partial charge in [-0.25, -0.2) is 0 Å². The fraction of sp³-hybridized carbons (Fsp3) is 0.0909. The first-order valence-corrected chi connectivity index (χ1v) is 10.3. The molecule has 30 heavy (non-hydrogen) atoms. The zero-order chi connectivity index (χ0) is 21.1. The molecule has 4 rings (SSSR count). The monoisotopic (exact) mass is 440 g/mol. The van der Waals surface area contributed by atoms with E-state index in [2.05, 4.69) is 10.3 Å². The highest BCUT2D eigenvalue weighted by molar-refractivity contribution is 8.18. The number of nitrogens with one attached hydrogen (secondary N) is 1. The molecule has 2 aromatic carbocycles. The van der Waals surface area contributed by atoms with Gasteiger partial charge in [-0.1, -0.05) is 29.8 Å². The Hall–Kier alpha value is -3.16. The molecule has 0 radical (unpaired) electrons. The van der Waals surface area contributed by atoms with Gasteiger partial charge in [0.2, 0.25) is 0 Å². The predicted octanol–water partition coefficient (Wildman–Crippen LogP) is 4.81. The molecule has 0 unspecified atom stereocenters. The van der Waals surface area contributed by atoms with Crippen molar-refractivity contribution in [1.29, 1.82) is 0 Å². The zero-order valence-corrected chi connectivity index (χ0v) is 17.2. The SMILES string of the molecule is O=C1NC(=NCCc2ccc(O)c(O)c2)S/C1=C\c1ccc(-c2cccc(Cl)c2)o1. The van der Waals surface area contributed by atoms with Crippen molar-refractivity contribution in [2.75, 3.05) is 6.54 Å². The van der Waals surface area contributed by atoms with E-state index in [9.17, 15) is 15.0 Å². The number of amidine groups is 1. The van der Waals surface area contributed by atoms with Gasteiger partial charge >= 0.3 is 0 Å². The van der Waals surface area contributed by atoms with Crippen molar-refractivity contribution >= 4 is 40.5 Å². The molecule has 1 fully saturated rings. The van der Waals surface area contributed by atoms with E-state index in [1.807, 2.05) is 24.3 Å². The number of furan rings is 1. The lowest BCUT2D eigenvalue weighted by Gasteiger charge is -2.02. The van der Waals surface area contributed by atoms with E-state index in [0.717, 1.165) is 11.1 Å². The van der Waals surface area contributed by atoms with Gasteiger partial charge in [-0.2, -0.15) is 0 Å². The number of aromatic hydroxyl groups is 2. The average molecular weight is 441 g/mol. The first-order chi connectivity index (χ1) is 14.5. The topological polar surface area (TPSA) is 95.1 Å². The number of hydrogen-bond acceptors (Lipinski definition) is 6. The molecule has 1 saturated heterocycles. The highest BCUT2D eigenvalue weighted by atomic mass is 35.5. The van der Waals surface area contributed by atoms with Crippen LogP contribution in [0.25, 0.3) is 17.4 Å². The van der Waals surface area contributed by atoms with Gasteiger partial charge < -0.3 is 19.9 Å². The number of thioether (sulfide) groups is 1. The van der Waals surface area contributed by atoms with Crippen LogP contribution in [-0.4, -0.2) is 27.8 Å². The molecule has 3 N–H and O–H groups in total. The van der Waals surface area contributed by atoms with Gasteiger partial charge in [-0.3, -0.25) is 9.79 Å². The zero-order valence-electron chi connectivity index (χ0n) is 15.6. The second-order valence-electron chi connectivity index (χ2n) is 6.54. The summed E-state index contributed by atoms with van der Waals surface area (Å²) in [6, 6.07) is 15.6. The molecule has 2 heterocycles. The summed E-state index contributed by atoms with van der Waals surface area (Å²) >= 11 is 7.26. The molecule has 3 aromatic rings. The Morgan fingerprint density at radius 3 is 2.77 bits per heavy atom. The van der Waals surface area contributed by atoms with E-state index < -0.39 is 0 Å². The van der Waals surface area contributed by atoms with Crippen LogP contribution in [0.3, 0.4) is 0 Å². The van der Waals surface area contributed by atoms with Crippen LogP contribution in [0.2, 0.25) is 5.02 Å². The molecule has 0 aliphatic carbocycles. The second kappa shape index (κ2) is 8.69. The molecule has 0 spiro atoms. The molecule has 152 valence electrons. The van der Waals surface area contributed by atoms with Gasteiger partial charge in [0.05, 0.1) is 4.91 Å².